The molecule has 3 rings (SSSR count). The number of hydrogen-bond acceptors (Lipinski definition) is 3. The van der Waals surface area contributed by atoms with Gasteiger partial charge in [0.2, 0.25) is 0 Å². The molecule has 1 fully saturated rings. The van der Waals surface area contributed by atoms with Gasteiger partial charge in [-0.1, -0.05) is 35.9 Å². The Hall–Kier alpha value is -0.830. The van der Waals surface area contributed by atoms with Crippen molar-refractivity contribution in [2.45, 2.75) is 31.8 Å². The Morgan fingerprint density at radius 1 is 1.22 bits per heavy atom. The van der Waals surface area contributed by atoms with Gasteiger partial charge in [0.1, 0.15) is 0 Å². The third kappa shape index (κ3) is 6.93. The van der Waals surface area contributed by atoms with Crippen molar-refractivity contribution in [3.05, 3.63) is 47.0 Å². The minimum atomic E-state index is 0. The van der Waals surface area contributed by atoms with Crippen LogP contribution in [0.25, 0.3) is 0 Å². The fraction of sp³-hybridized carbons (Fsp3) is 0.550. The van der Waals surface area contributed by atoms with Gasteiger partial charge in [0.05, 0.1) is 25.8 Å². The lowest BCUT2D eigenvalue weighted by Gasteiger charge is -2.34. The molecule has 1 aliphatic carbocycles. The Morgan fingerprint density at radius 2 is 1.89 bits per heavy atom. The average molecular weight is 505 g/mol. The summed E-state index contributed by atoms with van der Waals surface area (Å²) in [5, 5.41) is 7.69. The lowest BCUT2D eigenvalue weighted by Crippen LogP contribution is -2.44. The summed E-state index contributed by atoms with van der Waals surface area (Å²) in [7, 11) is 0. The second kappa shape index (κ2) is 11.9. The molecule has 1 unspecified atom stereocenters. The second-order valence-corrected chi connectivity index (χ2v) is 7.16. The molecule has 0 spiro atoms. The van der Waals surface area contributed by atoms with Gasteiger partial charge in [-0.25, -0.2) is 0 Å². The maximum atomic E-state index is 6.08. The molecule has 0 aromatic heterocycles. The molecule has 0 radical (unpaired) electrons. The minimum absolute atomic E-state index is 0. The van der Waals surface area contributed by atoms with Gasteiger partial charge in [-0.05, 0) is 37.5 Å². The van der Waals surface area contributed by atoms with Crippen LogP contribution in [0.5, 0.6) is 0 Å². The van der Waals surface area contributed by atoms with Crippen LogP contribution in [0.15, 0.2) is 41.4 Å². The number of nitrogens with one attached hydrogen (secondary N) is 2. The second-order valence-electron chi connectivity index (χ2n) is 6.72. The van der Waals surface area contributed by atoms with E-state index in [1.54, 1.807) is 0 Å². The molecule has 2 aliphatic rings. The van der Waals surface area contributed by atoms with E-state index < -0.39 is 0 Å². The summed E-state index contributed by atoms with van der Waals surface area (Å²) >= 11 is 6.08. The van der Waals surface area contributed by atoms with Crippen LogP contribution in [0.2, 0.25) is 5.02 Å². The van der Waals surface area contributed by atoms with Gasteiger partial charge in [-0.3, -0.25) is 9.89 Å². The van der Waals surface area contributed by atoms with Crippen molar-refractivity contribution in [1.82, 2.24) is 15.5 Å². The van der Waals surface area contributed by atoms with Crippen LogP contribution in [0.1, 0.15) is 31.4 Å². The van der Waals surface area contributed by atoms with E-state index in [2.05, 4.69) is 46.7 Å². The molecular weight excluding hydrogens is 475 g/mol. The molecule has 7 heteroatoms. The van der Waals surface area contributed by atoms with Crippen LogP contribution in [0.4, 0.5) is 0 Å². The van der Waals surface area contributed by atoms with E-state index in [1.807, 2.05) is 12.1 Å². The smallest absolute Gasteiger partial charge is 0.191 e. The van der Waals surface area contributed by atoms with Crippen molar-refractivity contribution < 1.29 is 4.74 Å². The van der Waals surface area contributed by atoms with Gasteiger partial charge >= 0.3 is 0 Å². The molecule has 5 nitrogen and oxygen atoms in total. The molecule has 0 amide bonds. The minimum Gasteiger partial charge on any atom is -0.379 e. The fourth-order valence-electron chi connectivity index (χ4n) is 3.43. The van der Waals surface area contributed by atoms with E-state index in [1.165, 1.54) is 5.56 Å². The highest BCUT2D eigenvalue weighted by Gasteiger charge is 2.23. The summed E-state index contributed by atoms with van der Waals surface area (Å²) in [5.41, 5.74) is 1.25. The largest absolute Gasteiger partial charge is 0.379 e. The Kier molecular flexibility index (Phi) is 9.89. The number of halogens is 2. The first kappa shape index (κ1) is 22.5. The predicted molar refractivity (Wildman–Crippen MR) is 123 cm³/mol. The highest BCUT2D eigenvalue weighted by Crippen LogP contribution is 2.24. The first-order chi connectivity index (χ1) is 12.8. The molecule has 1 heterocycles. The third-order valence-corrected chi connectivity index (χ3v) is 5.11. The standard InChI is InChI=1S/C20H29ClN4O.HI/c1-2-22-20(24-18-5-3-4-6-18)23-15-19(25-11-13-26-14-12-25)16-7-9-17(21)10-8-16;/h3-4,7-10,18-19H,2,5-6,11-15H2,1H3,(H2,22,23,24);1H. The maximum Gasteiger partial charge on any atom is 0.191 e. The number of morpholine rings is 1. The quantitative estimate of drug-likeness (QED) is 0.269. The van der Waals surface area contributed by atoms with Crippen molar-refractivity contribution in [3.8, 4) is 0 Å². The van der Waals surface area contributed by atoms with E-state index in [-0.39, 0.29) is 30.0 Å². The zero-order valence-corrected chi connectivity index (χ0v) is 19.0. The van der Waals surface area contributed by atoms with Gasteiger partial charge in [0.25, 0.3) is 0 Å². The summed E-state index contributed by atoms with van der Waals surface area (Å²) in [5.74, 6) is 0.897. The molecule has 0 bridgehead atoms. The Balaban J connectivity index is 0.00000261. The topological polar surface area (TPSA) is 48.9 Å². The Bertz CT molecular complexity index is 609. The van der Waals surface area contributed by atoms with Crippen molar-refractivity contribution in [3.63, 3.8) is 0 Å². The normalized spacial score (nSPS) is 19.6. The summed E-state index contributed by atoms with van der Waals surface area (Å²) in [4.78, 5) is 7.36. The SMILES string of the molecule is CCNC(=NCC(c1ccc(Cl)cc1)N1CCOCC1)NC1CC=CC1.I. The lowest BCUT2D eigenvalue weighted by molar-refractivity contribution is 0.0179. The number of rotatable bonds is 6. The first-order valence-corrected chi connectivity index (χ1v) is 9.91. The molecule has 150 valence electrons. The molecule has 2 N–H and O–H groups in total. The molecule has 1 aliphatic heterocycles. The van der Waals surface area contributed by atoms with E-state index in [9.17, 15) is 0 Å². The Morgan fingerprint density at radius 3 is 2.52 bits per heavy atom. The number of guanidine groups is 1. The van der Waals surface area contributed by atoms with Crippen molar-refractivity contribution >= 4 is 41.5 Å². The zero-order valence-electron chi connectivity index (χ0n) is 15.9. The highest BCUT2D eigenvalue weighted by atomic mass is 127. The number of ether oxygens (including phenoxy) is 1. The van der Waals surface area contributed by atoms with Gasteiger partial charge < -0.3 is 15.4 Å². The van der Waals surface area contributed by atoms with Crippen molar-refractivity contribution in [2.24, 2.45) is 4.99 Å². The van der Waals surface area contributed by atoms with E-state index in [4.69, 9.17) is 21.3 Å². The van der Waals surface area contributed by atoms with Crippen LogP contribution in [-0.4, -0.2) is 56.3 Å². The molecule has 1 aromatic rings. The van der Waals surface area contributed by atoms with Crippen LogP contribution < -0.4 is 10.6 Å². The number of aliphatic imine (C=N–C) groups is 1. The molecule has 1 saturated heterocycles. The summed E-state index contributed by atoms with van der Waals surface area (Å²) in [6, 6.07) is 8.82. The number of hydrogen-bond donors (Lipinski definition) is 2. The van der Waals surface area contributed by atoms with Crippen LogP contribution in [0, 0.1) is 0 Å². The third-order valence-electron chi connectivity index (χ3n) is 4.86. The fourth-order valence-corrected chi connectivity index (χ4v) is 3.56. The number of benzene rings is 1. The van der Waals surface area contributed by atoms with Gasteiger partial charge in [-0.15, -0.1) is 24.0 Å². The van der Waals surface area contributed by atoms with Crippen molar-refractivity contribution in [1.29, 1.82) is 0 Å². The summed E-state index contributed by atoms with van der Waals surface area (Å²) in [6.45, 7) is 7.08. The Labute approximate surface area is 184 Å². The average Bonchev–Trinajstić information content (AvgIpc) is 3.17. The molecular formula is C20H30ClIN4O. The van der Waals surface area contributed by atoms with E-state index in [0.29, 0.717) is 12.6 Å². The van der Waals surface area contributed by atoms with E-state index in [0.717, 1.165) is 56.7 Å². The zero-order chi connectivity index (χ0) is 18.2. The lowest BCUT2D eigenvalue weighted by atomic mass is 10.0. The highest BCUT2D eigenvalue weighted by molar-refractivity contribution is 14.0. The predicted octanol–water partition coefficient (Wildman–Crippen LogP) is 3.61. The van der Waals surface area contributed by atoms with E-state index >= 15 is 0 Å². The maximum absolute atomic E-state index is 6.08. The van der Waals surface area contributed by atoms with Crippen LogP contribution >= 0.6 is 35.6 Å². The van der Waals surface area contributed by atoms with Crippen LogP contribution in [-0.2, 0) is 4.74 Å². The number of nitrogens with zero attached hydrogens (tertiary/aromatic N) is 2. The summed E-state index contributed by atoms with van der Waals surface area (Å²) in [6.07, 6.45) is 6.58. The van der Waals surface area contributed by atoms with Gasteiger partial charge in [-0.2, -0.15) is 0 Å². The van der Waals surface area contributed by atoms with Crippen LogP contribution in [0.3, 0.4) is 0 Å². The molecule has 27 heavy (non-hydrogen) atoms. The molecule has 1 atom stereocenters. The molecule has 1 aromatic carbocycles. The summed E-state index contributed by atoms with van der Waals surface area (Å²) < 4.78 is 5.53. The van der Waals surface area contributed by atoms with Crippen molar-refractivity contribution in [2.75, 3.05) is 39.4 Å². The van der Waals surface area contributed by atoms with Gasteiger partial charge in [0, 0.05) is 30.7 Å². The molecule has 0 saturated carbocycles. The van der Waals surface area contributed by atoms with Gasteiger partial charge in [0.15, 0.2) is 5.96 Å². The first-order valence-electron chi connectivity index (χ1n) is 9.53. The monoisotopic (exact) mass is 504 g/mol.